The van der Waals surface area contributed by atoms with E-state index >= 15 is 0 Å². The van der Waals surface area contributed by atoms with Crippen LogP contribution in [0.3, 0.4) is 0 Å². The van der Waals surface area contributed by atoms with Crippen LogP contribution in [0.15, 0.2) is 69.3 Å². The lowest BCUT2D eigenvalue weighted by Gasteiger charge is -2.20. The Morgan fingerprint density at radius 2 is 1.62 bits per heavy atom. The number of carbonyl (C=O) groups is 1. The molecule has 5 nitrogen and oxygen atoms in total. The predicted molar refractivity (Wildman–Crippen MR) is 103 cm³/mol. The number of esters is 1. The van der Waals surface area contributed by atoms with Crippen molar-refractivity contribution in [3.05, 3.63) is 54.6 Å². The first-order chi connectivity index (χ1) is 12.3. The molecule has 0 aliphatic heterocycles. The highest BCUT2D eigenvalue weighted by Gasteiger charge is 2.29. The van der Waals surface area contributed by atoms with Crippen molar-refractivity contribution >= 4 is 27.8 Å². The normalized spacial score (nSPS) is 12.8. The first kappa shape index (κ1) is 20.5. The van der Waals surface area contributed by atoms with Gasteiger partial charge in [-0.15, -0.1) is 0 Å². The van der Waals surface area contributed by atoms with Crippen LogP contribution in [-0.2, 0) is 19.6 Å². The summed E-state index contributed by atoms with van der Waals surface area (Å²) in [5.41, 5.74) is 0. The second-order valence-corrected chi connectivity index (χ2v) is 8.84. The van der Waals surface area contributed by atoms with Crippen molar-refractivity contribution in [2.45, 2.75) is 41.5 Å². The van der Waals surface area contributed by atoms with Crippen molar-refractivity contribution in [1.82, 2.24) is 4.72 Å². The van der Waals surface area contributed by atoms with Crippen LogP contribution >= 0.6 is 11.8 Å². The van der Waals surface area contributed by atoms with Crippen molar-refractivity contribution in [3.8, 4) is 0 Å². The van der Waals surface area contributed by atoms with Gasteiger partial charge in [0, 0.05) is 9.79 Å². The minimum Gasteiger partial charge on any atom is -0.465 e. The van der Waals surface area contributed by atoms with E-state index < -0.39 is 22.0 Å². The summed E-state index contributed by atoms with van der Waals surface area (Å²) < 4.78 is 32.6. The number of ether oxygens (including phenoxy) is 1. The summed E-state index contributed by atoms with van der Waals surface area (Å²) in [5, 5.41) is 0. The summed E-state index contributed by atoms with van der Waals surface area (Å²) >= 11 is 1.55. The average molecular weight is 394 g/mol. The third-order valence-electron chi connectivity index (χ3n) is 3.60. The molecule has 0 aliphatic rings. The van der Waals surface area contributed by atoms with Crippen molar-refractivity contribution in [2.75, 3.05) is 6.61 Å². The molecule has 26 heavy (non-hydrogen) atoms. The molecule has 2 rings (SSSR count). The molecule has 0 bridgehead atoms. The van der Waals surface area contributed by atoms with Crippen LogP contribution in [0.5, 0.6) is 0 Å². The van der Waals surface area contributed by atoms with E-state index in [4.69, 9.17) is 4.74 Å². The summed E-state index contributed by atoms with van der Waals surface area (Å²) in [7, 11) is -3.82. The lowest BCUT2D eigenvalue weighted by molar-refractivity contribution is -0.146. The molecule has 0 saturated carbocycles. The number of sulfonamides is 1. The van der Waals surface area contributed by atoms with Crippen LogP contribution < -0.4 is 4.72 Å². The highest BCUT2D eigenvalue weighted by molar-refractivity contribution is 7.99. The van der Waals surface area contributed by atoms with Gasteiger partial charge >= 0.3 is 5.97 Å². The number of rotatable bonds is 8. The van der Waals surface area contributed by atoms with E-state index in [1.807, 2.05) is 30.3 Å². The Bertz CT molecular complexity index is 818. The lowest BCUT2D eigenvalue weighted by Crippen LogP contribution is -2.45. The maximum atomic E-state index is 12.6. The summed E-state index contributed by atoms with van der Waals surface area (Å²) in [6.45, 7) is 5.43. The molecular weight excluding hydrogens is 370 g/mol. The van der Waals surface area contributed by atoms with E-state index in [1.165, 1.54) is 12.1 Å². The molecule has 0 radical (unpaired) electrons. The Morgan fingerprint density at radius 1 is 1.04 bits per heavy atom. The summed E-state index contributed by atoms with van der Waals surface area (Å²) in [6.07, 6.45) is 0. The smallest absolute Gasteiger partial charge is 0.324 e. The zero-order chi connectivity index (χ0) is 19.2. The maximum Gasteiger partial charge on any atom is 0.324 e. The minimum absolute atomic E-state index is 0.116. The molecule has 1 unspecified atom stereocenters. The number of hydrogen-bond acceptors (Lipinski definition) is 5. The lowest BCUT2D eigenvalue weighted by atomic mass is 10.1. The second-order valence-electron chi connectivity index (χ2n) is 5.98. The molecule has 0 heterocycles. The maximum absolute atomic E-state index is 12.6. The van der Waals surface area contributed by atoms with Crippen LogP contribution in [0, 0.1) is 5.92 Å². The van der Waals surface area contributed by atoms with E-state index in [0.29, 0.717) is 0 Å². The summed E-state index contributed by atoms with van der Waals surface area (Å²) in [5.74, 6) is -0.793. The molecule has 0 aromatic heterocycles. The van der Waals surface area contributed by atoms with E-state index in [1.54, 1.807) is 44.7 Å². The molecule has 1 atom stereocenters. The highest BCUT2D eigenvalue weighted by atomic mass is 32.2. The summed E-state index contributed by atoms with van der Waals surface area (Å²) in [6, 6.07) is 15.5. The van der Waals surface area contributed by atoms with Gasteiger partial charge < -0.3 is 4.74 Å². The Kier molecular flexibility index (Phi) is 7.25. The molecule has 140 valence electrons. The zero-order valence-electron chi connectivity index (χ0n) is 15.0. The van der Waals surface area contributed by atoms with Gasteiger partial charge in [-0.25, -0.2) is 8.42 Å². The molecule has 0 amide bonds. The van der Waals surface area contributed by atoms with E-state index in [2.05, 4.69) is 4.72 Å². The topological polar surface area (TPSA) is 72.5 Å². The number of carbonyl (C=O) groups excluding carboxylic acids is 1. The molecule has 0 saturated heterocycles. The van der Waals surface area contributed by atoms with Crippen LogP contribution in [0.25, 0.3) is 0 Å². The zero-order valence-corrected chi connectivity index (χ0v) is 16.6. The highest BCUT2D eigenvalue weighted by Crippen LogP contribution is 2.28. The van der Waals surface area contributed by atoms with Gasteiger partial charge in [0.15, 0.2) is 0 Å². The standard InChI is InChI=1S/C19H23NO4S2/c1-4-24-19(21)18(14(2)3)20-26(22,23)17-12-10-16(11-13-17)25-15-8-6-5-7-9-15/h5-14,18,20H,4H2,1-3H3. The first-order valence-corrected chi connectivity index (χ1v) is 10.7. The van der Waals surface area contributed by atoms with Gasteiger partial charge in [-0.2, -0.15) is 4.72 Å². The fourth-order valence-corrected chi connectivity index (χ4v) is 4.41. The Morgan fingerprint density at radius 3 is 2.15 bits per heavy atom. The molecule has 0 aliphatic carbocycles. The fourth-order valence-electron chi connectivity index (χ4n) is 2.24. The van der Waals surface area contributed by atoms with Crippen LogP contribution in [-0.4, -0.2) is 27.0 Å². The molecule has 7 heteroatoms. The largest absolute Gasteiger partial charge is 0.465 e. The third kappa shape index (κ3) is 5.59. The van der Waals surface area contributed by atoms with Crippen molar-refractivity contribution < 1.29 is 17.9 Å². The molecule has 2 aromatic carbocycles. The van der Waals surface area contributed by atoms with E-state index in [0.717, 1.165) is 9.79 Å². The van der Waals surface area contributed by atoms with Crippen LogP contribution in [0.4, 0.5) is 0 Å². The van der Waals surface area contributed by atoms with Crippen molar-refractivity contribution in [2.24, 2.45) is 5.92 Å². The third-order valence-corrected chi connectivity index (χ3v) is 6.07. The van der Waals surface area contributed by atoms with Gasteiger partial charge in [0.25, 0.3) is 0 Å². The average Bonchev–Trinajstić information content (AvgIpc) is 2.61. The number of hydrogen-bond donors (Lipinski definition) is 1. The minimum atomic E-state index is -3.82. The number of nitrogens with one attached hydrogen (secondary N) is 1. The van der Waals surface area contributed by atoms with Gasteiger partial charge in [0.05, 0.1) is 11.5 Å². The van der Waals surface area contributed by atoms with Gasteiger partial charge in [-0.3, -0.25) is 4.79 Å². The van der Waals surface area contributed by atoms with E-state index in [9.17, 15) is 13.2 Å². The second kappa shape index (κ2) is 9.21. The molecular formula is C19H23NO4S2. The summed E-state index contributed by atoms with van der Waals surface area (Å²) in [4.78, 5) is 14.1. The predicted octanol–water partition coefficient (Wildman–Crippen LogP) is 3.70. The van der Waals surface area contributed by atoms with Gasteiger partial charge in [-0.1, -0.05) is 43.8 Å². The van der Waals surface area contributed by atoms with Crippen LogP contribution in [0.2, 0.25) is 0 Å². The molecule has 1 N–H and O–H groups in total. The molecule has 0 spiro atoms. The van der Waals surface area contributed by atoms with Gasteiger partial charge in [-0.05, 0) is 49.2 Å². The van der Waals surface area contributed by atoms with Gasteiger partial charge in [0.2, 0.25) is 10.0 Å². The SMILES string of the molecule is CCOC(=O)C(NS(=O)(=O)c1ccc(Sc2ccccc2)cc1)C(C)C. The molecule has 0 fully saturated rings. The van der Waals surface area contributed by atoms with Crippen molar-refractivity contribution in [3.63, 3.8) is 0 Å². The molecule has 2 aromatic rings. The monoisotopic (exact) mass is 393 g/mol. The Balaban J connectivity index is 2.14. The fraction of sp³-hybridized carbons (Fsp3) is 0.316. The van der Waals surface area contributed by atoms with Crippen molar-refractivity contribution in [1.29, 1.82) is 0 Å². The number of benzene rings is 2. The Labute approximate surface area is 159 Å². The van der Waals surface area contributed by atoms with Crippen LogP contribution in [0.1, 0.15) is 20.8 Å². The quantitative estimate of drug-likeness (QED) is 0.692. The first-order valence-electron chi connectivity index (χ1n) is 8.35. The van der Waals surface area contributed by atoms with Gasteiger partial charge in [0.1, 0.15) is 6.04 Å². The van der Waals surface area contributed by atoms with E-state index in [-0.39, 0.29) is 17.4 Å². The Hall–Kier alpha value is -1.83.